The van der Waals surface area contributed by atoms with E-state index >= 15 is 0 Å². The highest BCUT2D eigenvalue weighted by atomic mass is 16.5. The van der Waals surface area contributed by atoms with Crippen LogP contribution in [0.15, 0.2) is 60.9 Å². The van der Waals surface area contributed by atoms with Gasteiger partial charge in [-0.3, -0.25) is 9.36 Å². The minimum absolute atomic E-state index is 0.292. The largest absolute Gasteiger partial charge is 0.487 e. The molecule has 4 aromatic carbocycles. The number of ether oxygens (including phenoxy) is 2. The van der Waals surface area contributed by atoms with Gasteiger partial charge in [0, 0.05) is 32.4 Å². The first-order chi connectivity index (χ1) is 27.1. The van der Waals surface area contributed by atoms with Crippen LogP contribution >= 0.6 is 0 Å². The van der Waals surface area contributed by atoms with Crippen molar-refractivity contribution in [1.29, 1.82) is 0 Å². The van der Waals surface area contributed by atoms with Gasteiger partial charge in [0.05, 0.1) is 12.4 Å². The number of nitrogens with zero attached hydrogens (tertiary/aromatic N) is 6. The van der Waals surface area contributed by atoms with E-state index in [9.17, 15) is 0 Å². The summed E-state index contributed by atoms with van der Waals surface area (Å²) < 4.78 is 17.2. The summed E-state index contributed by atoms with van der Waals surface area (Å²) in [6, 6.07) is 17.6. The van der Waals surface area contributed by atoms with Crippen molar-refractivity contribution in [2.75, 3.05) is 0 Å². The molecule has 7 rings (SSSR count). The first-order valence-electron chi connectivity index (χ1n) is 20.1. The van der Waals surface area contributed by atoms with Crippen molar-refractivity contribution in [3.05, 3.63) is 139 Å². The first-order valence-corrected chi connectivity index (χ1v) is 20.1. The molecule has 6 aromatic rings. The predicted molar refractivity (Wildman–Crippen MR) is 229 cm³/mol. The van der Waals surface area contributed by atoms with E-state index < -0.39 is 0 Å². The van der Waals surface area contributed by atoms with Crippen molar-refractivity contribution < 1.29 is 9.47 Å². The van der Waals surface area contributed by atoms with Crippen LogP contribution in [0.4, 0.5) is 0 Å². The Morgan fingerprint density at radius 3 is 1.04 bits per heavy atom. The quantitative estimate of drug-likeness (QED) is 0.149. The Balaban J connectivity index is 0.00000145. The Morgan fingerprint density at radius 2 is 0.750 bits per heavy atom. The average Bonchev–Trinajstić information content (AvgIpc) is 3.85. The standard InChI is InChI=1S/C42H44B2N6O2.2C2H6/c1-7-49-21-37(45-47-49)23-51-41-33-13-27(5)15-35(41)20-36-16-28(6)14-34(42(36)52-24-38-22-50(8-2)48-46-38)19-32-12-26(4)10-30(40(32)44)17-29-9-25(3)11-31(18-33)39(29)43;2*1-2/h9-16,21-22H,7-8,17-20,23-24H2,1-6H3;2*1-2H3. The molecule has 2 heterocycles. The van der Waals surface area contributed by atoms with E-state index in [4.69, 9.17) is 25.2 Å². The normalized spacial score (nSPS) is 11.9. The molecular formula is C46H56B2N6O2. The predicted octanol–water partition coefficient (Wildman–Crippen LogP) is 7.62. The Morgan fingerprint density at radius 1 is 0.482 bits per heavy atom. The number of aryl methyl sites for hydroxylation is 6. The summed E-state index contributed by atoms with van der Waals surface area (Å²) in [6.45, 7) is 22.7. The molecule has 0 amide bonds. The highest BCUT2D eigenvalue weighted by Crippen LogP contribution is 2.36. The van der Waals surface area contributed by atoms with E-state index in [2.05, 4.69) is 96.9 Å². The zero-order valence-corrected chi connectivity index (χ0v) is 35.1. The highest BCUT2D eigenvalue weighted by Gasteiger charge is 2.21. The summed E-state index contributed by atoms with van der Waals surface area (Å²) >= 11 is 0. The number of fused-ring (bicyclic) bond motifs is 8. The van der Waals surface area contributed by atoms with Gasteiger partial charge in [0.25, 0.3) is 0 Å². The second kappa shape index (κ2) is 19.2. The molecule has 8 bridgehead atoms. The highest BCUT2D eigenvalue weighted by molar-refractivity contribution is 6.35. The van der Waals surface area contributed by atoms with Crippen molar-refractivity contribution in [2.24, 2.45) is 0 Å². The van der Waals surface area contributed by atoms with Gasteiger partial charge in [-0.2, -0.15) is 0 Å². The molecule has 0 N–H and O–H groups in total. The van der Waals surface area contributed by atoms with Gasteiger partial charge in [0.1, 0.15) is 51.8 Å². The lowest BCUT2D eigenvalue weighted by atomic mass is 9.76. The van der Waals surface area contributed by atoms with Crippen LogP contribution in [0.25, 0.3) is 0 Å². The molecule has 0 unspecified atom stereocenters. The van der Waals surface area contributed by atoms with E-state index in [1.165, 1.54) is 0 Å². The topological polar surface area (TPSA) is 79.9 Å². The zero-order chi connectivity index (χ0) is 40.5. The molecule has 0 aliphatic heterocycles. The molecule has 10 heteroatoms. The fourth-order valence-corrected chi connectivity index (χ4v) is 7.48. The maximum Gasteiger partial charge on any atom is 0.134 e. The molecular weight excluding hydrogens is 690 g/mol. The maximum atomic E-state index is 7.03. The summed E-state index contributed by atoms with van der Waals surface area (Å²) in [5.41, 5.74) is 16.2. The van der Waals surface area contributed by atoms with Crippen LogP contribution in [0.1, 0.15) is 120 Å². The molecule has 0 fully saturated rings. The molecule has 1 aliphatic carbocycles. The Bertz CT molecular complexity index is 2120. The van der Waals surface area contributed by atoms with Crippen molar-refractivity contribution in [2.45, 2.75) is 121 Å². The van der Waals surface area contributed by atoms with Gasteiger partial charge < -0.3 is 9.47 Å². The van der Waals surface area contributed by atoms with E-state index in [0.717, 1.165) is 114 Å². The number of hydrogen-bond acceptors (Lipinski definition) is 6. The molecule has 0 atom stereocenters. The Kier molecular flexibility index (Phi) is 14.4. The summed E-state index contributed by atoms with van der Waals surface area (Å²) in [7, 11) is 14.1. The van der Waals surface area contributed by atoms with E-state index in [-0.39, 0.29) is 0 Å². The third-order valence-electron chi connectivity index (χ3n) is 9.84. The van der Waals surface area contributed by atoms with Gasteiger partial charge in [-0.25, -0.2) is 0 Å². The van der Waals surface area contributed by atoms with Crippen LogP contribution in [0, 0.1) is 27.7 Å². The average molecular weight is 747 g/mol. The second-order valence-electron chi connectivity index (χ2n) is 14.2. The van der Waals surface area contributed by atoms with Crippen LogP contribution in [0.3, 0.4) is 0 Å². The van der Waals surface area contributed by atoms with Crippen LogP contribution in [0.5, 0.6) is 11.5 Å². The molecule has 0 saturated heterocycles. The fourth-order valence-electron chi connectivity index (χ4n) is 7.48. The molecule has 288 valence electrons. The number of benzene rings is 4. The van der Waals surface area contributed by atoms with Gasteiger partial charge in [0.15, 0.2) is 0 Å². The third-order valence-corrected chi connectivity index (χ3v) is 9.84. The van der Waals surface area contributed by atoms with Crippen LogP contribution in [-0.4, -0.2) is 45.7 Å². The SMILES string of the molecule is CC.CC.[B]c1c2cc(C)cc1Cc1cc(C)cc(c1OCc1cn(CC)nn1)Cc1cc(C)cc(c1OCc1cn(CC)nn1)Cc1cc(C)cc(c1[B])C2. The molecule has 56 heavy (non-hydrogen) atoms. The van der Waals surface area contributed by atoms with Crippen molar-refractivity contribution in [1.82, 2.24) is 30.0 Å². The van der Waals surface area contributed by atoms with Gasteiger partial charge in [-0.15, -0.1) is 10.2 Å². The van der Waals surface area contributed by atoms with Crippen LogP contribution < -0.4 is 20.4 Å². The van der Waals surface area contributed by atoms with E-state index in [1.807, 2.05) is 63.3 Å². The first kappa shape index (κ1) is 42.0. The van der Waals surface area contributed by atoms with Gasteiger partial charge in [0.2, 0.25) is 0 Å². The molecule has 4 radical (unpaired) electrons. The summed E-state index contributed by atoms with van der Waals surface area (Å²) in [4.78, 5) is 0. The zero-order valence-electron chi connectivity index (χ0n) is 35.1. The van der Waals surface area contributed by atoms with E-state index in [0.29, 0.717) is 38.9 Å². The molecule has 2 aromatic heterocycles. The smallest absolute Gasteiger partial charge is 0.134 e. The molecule has 8 nitrogen and oxygen atoms in total. The van der Waals surface area contributed by atoms with Gasteiger partial charge >= 0.3 is 0 Å². The Hall–Kier alpha value is -5.11. The van der Waals surface area contributed by atoms with Gasteiger partial charge in [-0.05, 0) is 81.3 Å². The van der Waals surface area contributed by atoms with Crippen molar-refractivity contribution in [3.8, 4) is 11.5 Å². The second-order valence-corrected chi connectivity index (χ2v) is 14.2. The summed E-state index contributed by atoms with van der Waals surface area (Å²) in [5, 5.41) is 17.2. The third kappa shape index (κ3) is 9.81. The lowest BCUT2D eigenvalue weighted by Crippen LogP contribution is -2.23. The summed E-state index contributed by atoms with van der Waals surface area (Å²) in [6.07, 6.45) is 6.30. The maximum absolute atomic E-state index is 7.03. The number of hydrogen-bond donors (Lipinski definition) is 0. The Labute approximate surface area is 336 Å². The lowest BCUT2D eigenvalue weighted by molar-refractivity contribution is 0.292. The number of aromatic nitrogens is 6. The van der Waals surface area contributed by atoms with Crippen LogP contribution in [0.2, 0.25) is 0 Å². The minimum atomic E-state index is 0.292. The lowest BCUT2D eigenvalue weighted by Gasteiger charge is -2.23. The van der Waals surface area contributed by atoms with Crippen molar-refractivity contribution >= 4 is 26.6 Å². The molecule has 1 aliphatic rings. The number of rotatable bonds is 8. The molecule has 0 saturated carbocycles. The summed E-state index contributed by atoms with van der Waals surface area (Å²) in [5.74, 6) is 1.66. The minimum Gasteiger partial charge on any atom is -0.487 e. The van der Waals surface area contributed by atoms with Gasteiger partial charge in [-0.1, -0.05) is 131 Å². The van der Waals surface area contributed by atoms with E-state index in [1.54, 1.807) is 0 Å². The fraction of sp³-hybridized carbons (Fsp3) is 0.391. The monoisotopic (exact) mass is 746 g/mol. The van der Waals surface area contributed by atoms with Crippen molar-refractivity contribution in [3.63, 3.8) is 0 Å². The molecule has 0 spiro atoms. The van der Waals surface area contributed by atoms with Crippen LogP contribution in [-0.2, 0) is 52.0 Å².